The molecule has 0 bridgehead atoms. The van der Waals surface area contributed by atoms with E-state index < -0.39 is 17.6 Å². The van der Waals surface area contributed by atoms with E-state index in [4.69, 9.17) is 9.84 Å². The van der Waals surface area contributed by atoms with Crippen molar-refractivity contribution in [1.82, 2.24) is 9.97 Å². The highest BCUT2D eigenvalue weighted by Crippen LogP contribution is 2.24. The molecule has 18 heavy (non-hydrogen) atoms. The predicted octanol–water partition coefficient (Wildman–Crippen LogP) is 2.25. The Balaban J connectivity index is 2.35. The minimum absolute atomic E-state index is 0.246. The summed E-state index contributed by atoms with van der Waals surface area (Å²) in [6, 6.07) is 2.65. The van der Waals surface area contributed by atoms with Gasteiger partial charge in [0.05, 0.1) is 12.4 Å². The number of aromatic nitrogens is 2. The Kier molecular flexibility index (Phi) is 3.13. The molecule has 0 aliphatic heterocycles. The molecule has 0 amide bonds. The van der Waals surface area contributed by atoms with Crippen molar-refractivity contribution in [3.8, 4) is 11.8 Å². The quantitative estimate of drug-likeness (QED) is 0.906. The van der Waals surface area contributed by atoms with Crippen LogP contribution in [0.5, 0.6) is 11.8 Å². The SMILES string of the molecule is O=C(O)c1ccc(F)cc1Oc1ncc(F)cn1. The summed E-state index contributed by atoms with van der Waals surface area (Å²) in [5.41, 5.74) is -0.246. The lowest BCUT2D eigenvalue weighted by molar-refractivity contribution is 0.0694. The lowest BCUT2D eigenvalue weighted by atomic mass is 10.2. The van der Waals surface area contributed by atoms with Gasteiger partial charge in [0.15, 0.2) is 5.82 Å². The Morgan fingerprint density at radius 1 is 1.17 bits per heavy atom. The topological polar surface area (TPSA) is 72.3 Å². The summed E-state index contributed by atoms with van der Waals surface area (Å²) in [7, 11) is 0. The second kappa shape index (κ2) is 4.74. The molecule has 0 saturated carbocycles. The lowest BCUT2D eigenvalue weighted by Crippen LogP contribution is -2.02. The minimum atomic E-state index is -1.29. The van der Waals surface area contributed by atoms with Crippen LogP contribution < -0.4 is 4.74 Å². The summed E-state index contributed by atoms with van der Waals surface area (Å²) in [6.45, 7) is 0. The Morgan fingerprint density at radius 3 is 2.44 bits per heavy atom. The highest BCUT2D eigenvalue weighted by Gasteiger charge is 2.14. The summed E-state index contributed by atoms with van der Waals surface area (Å²) >= 11 is 0. The van der Waals surface area contributed by atoms with Crippen LogP contribution in [0.2, 0.25) is 0 Å². The van der Waals surface area contributed by atoms with E-state index in [0.717, 1.165) is 30.6 Å². The molecule has 1 N–H and O–H groups in total. The van der Waals surface area contributed by atoms with E-state index in [-0.39, 0.29) is 17.3 Å². The Morgan fingerprint density at radius 2 is 1.83 bits per heavy atom. The fourth-order valence-electron chi connectivity index (χ4n) is 1.21. The van der Waals surface area contributed by atoms with Crippen molar-refractivity contribution in [2.24, 2.45) is 0 Å². The first-order valence-electron chi connectivity index (χ1n) is 4.74. The number of ether oxygens (including phenoxy) is 1. The van der Waals surface area contributed by atoms with Crippen molar-refractivity contribution in [3.63, 3.8) is 0 Å². The number of carboxylic acids is 1. The molecular formula is C11H6F2N2O3. The molecule has 2 aromatic rings. The summed E-state index contributed by atoms with van der Waals surface area (Å²) < 4.78 is 30.6. The summed E-state index contributed by atoms with van der Waals surface area (Å²) in [5, 5.41) is 8.88. The smallest absolute Gasteiger partial charge is 0.339 e. The normalized spacial score (nSPS) is 10.1. The number of benzene rings is 1. The zero-order valence-electron chi connectivity index (χ0n) is 8.80. The second-order valence-corrected chi connectivity index (χ2v) is 3.23. The zero-order valence-corrected chi connectivity index (χ0v) is 8.80. The molecule has 92 valence electrons. The van der Waals surface area contributed by atoms with Crippen molar-refractivity contribution in [3.05, 3.63) is 47.8 Å². The van der Waals surface area contributed by atoms with Gasteiger partial charge in [-0.15, -0.1) is 0 Å². The van der Waals surface area contributed by atoms with Gasteiger partial charge in [0.1, 0.15) is 17.1 Å². The predicted molar refractivity (Wildman–Crippen MR) is 55.4 cm³/mol. The molecule has 5 nitrogen and oxygen atoms in total. The van der Waals surface area contributed by atoms with E-state index in [0.29, 0.717) is 0 Å². The maximum absolute atomic E-state index is 13.0. The maximum Gasteiger partial charge on any atom is 0.339 e. The van der Waals surface area contributed by atoms with Gasteiger partial charge in [-0.2, -0.15) is 0 Å². The van der Waals surface area contributed by atoms with E-state index in [1.165, 1.54) is 0 Å². The highest BCUT2D eigenvalue weighted by molar-refractivity contribution is 5.90. The number of carbonyl (C=O) groups is 1. The molecule has 2 rings (SSSR count). The third kappa shape index (κ3) is 2.57. The van der Waals surface area contributed by atoms with Gasteiger partial charge in [0.25, 0.3) is 0 Å². The average Bonchev–Trinajstić information content (AvgIpc) is 2.32. The molecule has 0 fully saturated rings. The van der Waals surface area contributed by atoms with Gasteiger partial charge >= 0.3 is 12.0 Å². The van der Waals surface area contributed by atoms with Crippen LogP contribution in [0.3, 0.4) is 0 Å². The van der Waals surface area contributed by atoms with E-state index in [9.17, 15) is 13.6 Å². The van der Waals surface area contributed by atoms with Gasteiger partial charge in [0, 0.05) is 6.07 Å². The molecule has 1 heterocycles. The number of carboxylic acid groups (broad SMARTS) is 1. The van der Waals surface area contributed by atoms with Crippen molar-refractivity contribution < 1.29 is 23.4 Å². The molecule has 0 unspecified atom stereocenters. The number of rotatable bonds is 3. The van der Waals surface area contributed by atoms with Crippen LogP contribution >= 0.6 is 0 Å². The molecule has 0 aliphatic rings. The molecule has 0 aliphatic carbocycles. The average molecular weight is 252 g/mol. The molecule has 0 atom stereocenters. The number of hydrogen-bond donors (Lipinski definition) is 1. The summed E-state index contributed by atoms with van der Waals surface area (Å²) in [6.07, 6.45) is 1.70. The van der Waals surface area contributed by atoms with E-state index in [1.54, 1.807) is 0 Å². The van der Waals surface area contributed by atoms with Crippen LogP contribution in [0.4, 0.5) is 8.78 Å². The fraction of sp³-hybridized carbons (Fsp3) is 0. The monoisotopic (exact) mass is 252 g/mol. The molecular weight excluding hydrogens is 246 g/mol. The van der Waals surface area contributed by atoms with Crippen LogP contribution in [0.1, 0.15) is 10.4 Å². The van der Waals surface area contributed by atoms with Crippen LogP contribution in [0, 0.1) is 11.6 Å². The molecule has 0 saturated heterocycles. The van der Waals surface area contributed by atoms with Gasteiger partial charge < -0.3 is 9.84 Å². The van der Waals surface area contributed by atoms with Crippen LogP contribution in [-0.2, 0) is 0 Å². The van der Waals surface area contributed by atoms with Gasteiger partial charge in [0.2, 0.25) is 0 Å². The lowest BCUT2D eigenvalue weighted by Gasteiger charge is -2.06. The van der Waals surface area contributed by atoms with E-state index in [2.05, 4.69) is 9.97 Å². The maximum atomic E-state index is 13.0. The standard InChI is InChI=1S/C11H6F2N2O3/c12-6-1-2-8(10(16)17)9(3-6)18-11-14-4-7(13)5-15-11/h1-5H,(H,16,17). The van der Waals surface area contributed by atoms with E-state index >= 15 is 0 Å². The first-order valence-corrected chi connectivity index (χ1v) is 4.74. The van der Waals surface area contributed by atoms with Crippen molar-refractivity contribution in [1.29, 1.82) is 0 Å². The van der Waals surface area contributed by atoms with Crippen molar-refractivity contribution >= 4 is 5.97 Å². The molecule has 1 aromatic carbocycles. The van der Waals surface area contributed by atoms with Crippen LogP contribution in [0.15, 0.2) is 30.6 Å². The Labute approximate surface area is 99.7 Å². The largest absolute Gasteiger partial charge is 0.478 e. The third-order valence-corrected chi connectivity index (χ3v) is 1.97. The molecule has 1 aromatic heterocycles. The minimum Gasteiger partial charge on any atom is -0.478 e. The van der Waals surface area contributed by atoms with Crippen molar-refractivity contribution in [2.45, 2.75) is 0 Å². The van der Waals surface area contributed by atoms with Gasteiger partial charge in [-0.1, -0.05) is 0 Å². The van der Waals surface area contributed by atoms with Gasteiger partial charge in [-0.25, -0.2) is 23.5 Å². The fourth-order valence-corrected chi connectivity index (χ4v) is 1.21. The summed E-state index contributed by atoms with van der Waals surface area (Å²) in [5.74, 6) is -2.88. The second-order valence-electron chi connectivity index (χ2n) is 3.23. The highest BCUT2D eigenvalue weighted by atomic mass is 19.1. The summed E-state index contributed by atoms with van der Waals surface area (Å²) in [4.78, 5) is 17.8. The van der Waals surface area contributed by atoms with Crippen LogP contribution in [-0.4, -0.2) is 21.0 Å². The van der Waals surface area contributed by atoms with E-state index in [1.807, 2.05) is 0 Å². The molecule has 0 radical (unpaired) electrons. The first-order chi connectivity index (χ1) is 8.56. The van der Waals surface area contributed by atoms with Crippen molar-refractivity contribution in [2.75, 3.05) is 0 Å². The third-order valence-electron chi connectivity index (χ3n) is 1.97. The Hall–Kier alpha value is -2.57. The van der Waals surface area contributed by atoms with Gasteiger partial charge in [-0.05, 0) is 12.1 Å². The number of nitrogens with zero attached hydrogens (tertiary/aromatic N) is 2. The molecule has 0 spiro atoms. The van der Waals surface area contributed by atoms with Crippen LogP contribution in [0.25, 0.3) is 0 Å². The first kappa shape index (κ1) is 11.9. The number of halogens is 2. The number of hydrogen-bond acceptors (Lipinski definition) is 4. The Bertz CT molecular complexity index is 587. The molecule has 7 heteroatoms. The van der Waals surface area contributed by atoms with Gasteiger partial charge in [-0.3, -0.25) is 0 Å². The number of aromatic carboxylic acids is 1. The zero-order chi connectivity index (χ0) is 13.1.